The van der Waals surface area contributed by atoms with Crippen molar-refractivity contribution >= 4 is 23.2 Å². The van der Waals surface area contributed by atoms with Crippen LogP contribution in [0.4, 0.5) is 5.69 Å². The van der Waals surface area contributed by atoms with Crippen molar-refractivity contribution in [3.8, 4) is 0 Å². The van der Waals surface area contributed by atoms with Gasteiger partial charge in [0, 0.05) is 29.6 Å². The van der Waals surface area contributed by atoms with Crippen LogP contribution in [0.25, 0.3) is 0 Å². The molecule has 1 aliphatic rings. The summed E-state index contributed by atoms with van der Waals surface area (Å²) in [5.41, 5.74) is 5.28. The number of carbonyl (C=O) groups excluding carboxylic acids is 2. The van der Waals surface area contributed by atoms with Crippen LogP contribution in [0.2, 0.25) is 0 Å². The molecule has 0 spiro atoms. The first kappa shape index (κ1) is 18.8. The molecule has 6 nitrogen and oxygen atoms in total. The summed E-state index contributed by atoms with van der Waals surface area (Å²) in [5.74, 6) is -0.0947. The molecule has 2 amide bonds. The van der Waals surface area contributed by atoms with Gasteiger partial charge < -0.3 is 5.32 Å². The fourth-order valence-electron chi connectivity index (χ4n) is 3.20. The van der Waals surface area contributed by atoms with Gasteiger partial charge in [0.05, 0.1) is 5.71 Å². The number of hydrogen-bond acceptors (Lipinski definition) is 4. The number of carbonyl (C=O) groups is 2. The summed E-state index contributed by atoms with van der Waals surface area (Å²) in [6, 6.07) is 10.8. The number of amides is 2. The molecule has 0 aliphatic heterocycles. The van der Waals surface area contributed by atoms with E-state index in [0.29, 0.717) is 11.3 Å². The van der Waals surface area contributed by atoms with Crippen LogP contribution < -0.4 is 10.7 Å². The minimum absolute atomic E-state index is 0.0902. The van der Waals surface area contributed by atoms with Gasteiger partial charge in [-0.2, -0.15) is 5.10 Å². The summed E-state index contributed by atoms with van der Waals surface area (Å²) in [7, 11) is 0. The average molecular weight is 364 g/mol. The summed E-state index contributed by atoms with van der Waals surface area (Å²) in [4.78, 5) is 28.4. The van der Waals surface area contributed by atoms with E-state index >= 15 is 0 Å². The zero-order valence-corrected chi connectivity index (χ0v) is 15.4. The van der Waals surface area contributed by atoms with Crippen LogP contribution in [-0.2, 0) is 4.79 Å². The van der Waals surface area contributed by atoms with Gasteiger partial charge in [0.15, 0.2) is 0 Å². The van der Waals surface area contributed by atoms with Crippen molar-refractivity contribution in [3.05, 3.63) is 59.9 Å². The summed E-state index contributed by atoms with van der Waals surface area (Å²) < 4.78 is 0. The normalized spacial score (nSPS) is 15.2. The largest absolute Gasteiger partial charge is 0.326 e. The summed E-state index contributed by atoms with van der Waals surface area (Å²) in [6.07, 6.45) is 8.52. The molecule has 1 aromatic carbocycles. The van der Waals surface area contributed by atoms with E-state index in [1.54, 1.807) is 24.5 Å². The number of pyridine rings is 1. The molecule has 1 fully saturated rings. The van der Waals surface area contributed by atoms with E-state index in [1.165, 1.54) is 6.42 Å². The molecule has 140 valence electrons. The Hall–Kier alpha value is -3.02. The van der Waals surface area contributed by atoms with E-state index < -0.39 is 0 Å². The third-order valence-corrected chi connectivity index (χ3v) is 4.79. The molecular weight excluding hydrogens is 340 g/mol. The minimum Gasteiger partial charge on any atom is -0.326 e. The van der Waals surface area contributed by atoms with Crippen molar-refractivity contribution in [1.82, 2.24) is 10.4 Å². The fraction of sp³-hybridized carbons (Fsp3) is 0.333. The van der Waals surface area contributed by atoms with E-state index in [2.05, 4.69) is 20.8 Å². The molecule has 0 bridgehead atoms. The third kappa shape index (κ3) is 5.23. The number of rotatable bonds is 5. The molecule has 2 N–H and O–H groups in total. The Morgan fingerprint density at radius 3 is 2.52 bits per heavy atom. The lowest BCUT2D eigenvalue weighted by Gasteiger charge is -2.20. The number of benzene rings is 1. The van der Waals surface area contributed by atoms with Crippen LogP contribution in [0.3, 0.4) is 0 Å². The molecule has 0 unspecified atom stereocenters. The van der Waals surface area contributed by atoms with Crippen molar-refractivity contribution in [2.75, 3.05) is 5.32 Å². The number of nitrogens with one attached hydrogen (secondary N) is 2. The van der Waals surface area contributed by atoms with Crippen LogP contribution in [-0.4, -0.2) is 22.5 Å². The maximum atomic E-state index is 12.4. The summed E-state index contributed by atoms with van der Waals surface area (Å²) >= 11 is 0. The maximum absolute atomic E-state index is 12.4. The summed E-state index contributed by atoms with van der Waals surface area (Å²) in [6.45, 7) is 1.81. The van der Waals surface area contributed by atoms with Crippen molar-refractivity contribution in [2.45, 2.75) is 39.0 Å². The average Bonchev–Trinajstić information content (AvgIpc) is 2.73. The number of nitrogens with zero attached hydrogens (tertiary/aromatic N) is 2. The van der Waals surface area contributed by atoms with E-state index in [1.807, 2.05) is 31.2 Å². The molecule has 1 heterocycles. The van der Waals surface area contributed by atoms with Gasteiger partial charge in [-0.15, -0.1) is 0 Å². The highest BCUT2D eigenvalue weighted by Gasteiger charge is 2.21. The zero-order valence-electron chi connectivity index (χ0n) is 15.4. The lowest BCUT2D eigenvalue weighted by Crippen LogP contribution is -2.24. The topological polar surface area (TPSA) is 83.4 Å². The molecule has 0 radical (unpaired) electrons. The van der Waals surface area contributed by atoms with Gasteiger partial charge in [-0.1, -0.05) is 31.4 Å². The lowest BCUT2D eigenvalue weighted by atomic mass is 9.88. The lowest BCUT2D eigenvalue weighted by molar-refractivity contribution is -0.120. The predicted molar refractivity (Wildman–Crippen MR) is 106 cm³/mol. The van der Waals surface area contributed by atoms with Crippen LogP contribution in [0.1, 0.15) is 54.9 Å². The van der Waals surface area contributed by atoms with E-state index in [0.717, 1.165) is 36.9 Å². The molecular formula is C21H24N4O2. The molecule has 1 aliphatic carbocycles. The Morgan fingerprint density at radius 2 is 1.78 bits per heavy atom. The molecule has 2 aromatic rings. The quantitative estimate of drug-likeness (QED) is 0.626. The van der Waals surface area contributed by atoms with Gasteiger partial charge >= 0.3 is 0 Å². The molecule has 0 atom stereocenters. The van der Waals surface area contributed by atoms with Crippen LogP contribution in [0.5, 0.6) is 0 Å². The minimum atomic E-state index is -0.293. The predicted octanol–water partition coefficient (Wildman–Crippen LogP) is 3.75. The number of hydrazone groups is 1. The van der Waals surface area contributed by atoms with Gasteiger partial charge in [-0.25, -0.2) is 5.43 Å². The van der Waals surface area contributed by atoms with Crippen LogP contribution in [0.15, 0.2) is 53.9 Å². The SMILES string of the molecule is C/C(=N/NC(=O)c1ccncc1)c1cccc(NC(=O)C2CCCCC2)c1. The van der Waals surface area contributed by atoms with Crippen molar-refractivity contribution in [1.29, 1.82) is 0 Å². The number of anilines is 1. The third-order valence-electron chi connectivity index (χ3n) is 4.79. The second-order valence-electron chi connectivity index (χ2n) is 6.78. The molecule has 0 saturated heterocycles. The standard InChI is InChI=1S/C21H24N4O2/c1-15(24-25-21(27)17-10-12-22-13-11-17)18-8-5-9-19(14-18)23-20(26)16-6-3-2-4-7-16/h5,8-14,16H,2-4,6-7H2,1H3,(H,23,26)(H,25,27)/b24-15-. The first-order valence-corrected chi connectivity index (χ1v) is 9.29. The highest BCUT2D eigenvalue weighted by molar-refractivity contribution is 6.02. The summed E-state index contributed by atoms with van der Waals surface area (Å²) in [5, 5.41) is 7.17. The number of hydrogen-bond donors (Lipinski definition) is 2. The molecule has 27 heavy (non-hydrogen) atoms. The van der Waals surface area contributed by atoms with Crippen molar-refractivity contribution < 1.29 is 9.59 Å². The van der Waals surface area contributed by atoms with Crippen LogP contribution >= 0.6 is 0 Å². The zero-order chi connectivity index (χ0) is 19.1. The Bertz CT molecular complexity index is 827. The van der Waals surface area contributed by atoms with Gasteiger partial charge in [-0.05, 0) is 49.6 Å². The molecule has 1 saturated carbocycles. The molecule has 3 rings (SSSR count). The van der Waals surface area contributed by atoms with Gasteiger partial charge in [0.1, 0.15) is 0 Å². The molecule has 6 heteroatoms. The van der Waals surface area contributed by atoms with E-state index in [9.17, 15) is 9.59 Å². The Labute approximate surface area is 159 Å². The van der Waals surface area contributed by atoms with Crippen molar-refractivity contribution in [2.24, 2.45) is 11.0 Å². The highest BCUT2D eigenvalue weighted by Crippen LogP contribution is 2.25. The Morgan fingerprint density at radius 1 is 1.04 bits per heavy atom. The first-order valence-electron chi connectivity index (χ1n) is 9.29. The van der Waals surface area contributed by atoms with Crippen molar-refractivity contribution in [3.63, 3.8) is 0 Å². The van der Waals surface area contributed by atoms with Gasteiger partial charge in [0.25, 0.3) is 5.91 Å². The first-order chi connectivity index (χ1) is 13.1. The van der Waals surface area contributed by atoms with Crippen LogP contribution in [0, 0.1) is 5.92 Å². The smallest absolute Gasteiger partial charge is 0.271 e. The Balaban J connectivity index is 1.63. The van der Waals surface area contributed by atoms with E-state index in [4.69, 9.17) is 0 Å². The second-order valence-corrected chi connectivity index (χ2v) is 6.78. The second kappa shape index (κ2) is 9.07. The monoisotopic (exact) mass is 364 g/mol. The van der Waals surface area contributed by atoms with Gasteiger partial charge in [0.2, 0.25) is 5.91 Å². The maximum Gasteiger partial charge on any atom is 0.271 e. The molecule has 1 aromatic heterocycles. The van der Waals surface area contributed by atoms with Gasteiger partial charge in [-0.3, -0.25) is 14.6 Å². The Kier molecular flexibility index (Phi) is 6.30. The fourth-order valence-corrected chi connectivity index (χ4v) is 3.20. The van der Waals surface area contributed by atoms with E-state index in [-0.39, 0.29) is 17.7 Å². The number of aromatic nitrogens is 1. The highest BCUT2D eigenvalue weighted by atomic mass is 16.2.